The first-order valence-corrected chi connectivity index (χ1v) is 7.68. The Kier molecular flexibility index (Phi) is 3.54. The van der Waals surface area contributed by atoms with Crippen LogP contribution in [0, 0.1) is 5.41 Å². The molecule has 0 atom stereocenters. The van der Waals surface area contributed by atoms with Crippen LogP contribution in [0.2, 0.25) is 0 Å². The van der Waals surface area contributed by atoms with E-state index in [0.717, 1.165) is 11.6 Å². The molecule has 4 N–H and O–H groups in total. The monoisotopic (exact) mass is 275 g/mol. The maximum atomic E-state index is 5.51. The molecule has 5 nitrogen and oxygen atoms in total. The van der Waals surface area contributed by atoms with Crippen LogP contribution in [0.4, 0.5) is 11.6 Å². The van der Waals surface area contributed by atoms with E-state index in [2.05, 4.69) is 34.6 Å². The fourth-order valence-electron chi connectivity index (χ4n) is 2.89. The zero-order valence-corrected chi connectivity index (χ0v) is 12.4. The minimum absolute atomic E-state index is 0.493. The number of nitrogens with zero attached hydrogens (tertiary/aromatic N) is 2. The van der Waals surface area contributed by atoms with E-state index >= 15 is 0 Å². The third kappa shape index (κ3) is 3.20. The molecule has 2 aliphatic carbocycles. The van der Waals surface area contributed by atoms with Gasteiger partial charge in [0, 0.05) is 18.0 Å². The van der Waals surface area contributed by atoms with Gasteiger partial charge in [-0.15, -0.1) is 0 Å². The van der Waals surface area contributed by atoms with Gasteiger partial charge in [0.2, 0.25) is 0 Å². The van der Waals surface area contributed by atoms with Crippen LogP contribution in [0.5, 0.6) is 0 Å². The molecule has 0 unspecified atom stereocenters. The van der Waals surface area contributed by atoms with Crippen molar-refractivity contribution >= 4 is 11.6 Å². The summed E-state index contributed by atoms with van der Waals surface area (Å²) in [5.41, 5.74) is 3.14. The van der Waals surface area contributed by atoms with Gasteiger partial charge in [0.1, 0.15) is 17.5 Å². The van der Waals surface area contributed by atoms with Crippen molar-refractivity contribution in [2.45, 2.75) is 64.3 Å². The average Bonchev–Trinajstić information content (AvgIpc) is 3.25. The Morgan fingerprint density at radius 1 is 1.10 bits per heavy atom. The molecule has 1 aromatic heterocycles. The lowest BCUT2D eigenvalue weighted by atomic mass is 9.75. The van der Waals surface area contributed by atoms with E-state index < -0.39 is 0 Å². The lowest BCUT2D eigenvalue weighted by molar-refractivity contribution is 0.232. The molecule has 1 heterocycles. The lowest BCUT2D eigenvalue weighted by Gasteiger charge is -2.34. The van der Waals surface area contributed by atoms with Crippen LogP contribution in [-0.2, 0) is 0 Å². The zero-order valence-electron chi connectivity index (χ0n) is 12.4. The Morgan fingerprint density at radius 3 is 2.35 bits per heavy atom. The molecule has 0 spiro atoms. The number of aromatic nitrogens is 2. The standard InChI is InChI=1S/C15H25N5/c1-15(2)7-5-11(6-8-15)17-12-9-13(20-16)19-14(18-12)10-3-4-10/h9-11H,3-8,16H2,1-2H3,(H2,17,18,19,20). The number of hydrogen-bond acceptors (Lipinski definition) is 5. The summed E-state index contributed by atoms with van der Waals surface area (Å²) in [6, 6.07) is 2.43. The van der Waals surface area contributed by atoms with Crippen LogP contribution in [-0.4, -0.2) is 16.0 Å². The Hall–Kier alpha value is -1.36. The summed E-state index contributed by atoms with van der Waals surface area (Å²) < 4.78 is 0. The molecule has 110 valence electrons. The molecule has 2 fully saturated rings. The van der Waals surface area contributed by atoms with E-state index in [4.69, 9.17) is 5.84 Å². The van der Waals surface area contributed by atoms with Gasteiger partial charge in [-0.2, -0.15) is 0 Å². The molecule has 2 aliphatic rings. The highest BCUT2D eigenvalue weighted by atomic mass is 15.3. The SMILES string of the molecule is CC1(C)CCC(Nc2cc(NN)nc(C3CC3)n2)CC1. The van der Waals surface area contributed by atoms with Crippen LogP contribution >= 0.6 is 0 Å². The van der Waals surface area contributed by atoms with Crippen LogP contribution < -0.4 is 16.6 Å². The average molecular weight is 275 g/mol. The third-order valence-corrected chi connectivity index (χ3v) is 4.52. The normalized spacial score (nSPS) is 22.6. The molecule has 0 saturated heterocycles. The van der Waals surface area contributed by atoms with Crippen molar-refractivity contribution in [3.05, 3.63) is 11.9 Å². The van der Waals surface area contributed by atoms with Crippen molar-refractivity contribution in [3.63, 3.8) is 0 Å². The molecular weight excluding hydrogens is 250 g/mol. The van der Waals surface area contributed by atoms with Crippen molar-refractivity contribution in [1.82, 2.24) is 9.97 Å². The summed E-state index contributed by atoms with van der Waals surface area (Å²) in [7, 11) is 0. The van der Waals surface area contributed by atoms with Crippen molar-refractivity contribution < 1.29 is 0 Å². The molecule has 0 bridgehead atoms. The van der Waals surface area contributed by atoms with E-state index in [1.54, 1.807) is 0 Å². The maximum absolute atomic E-state index is 5.51. The topological polar surface area (TPSA) is 75.9 Å². The Labute approximate surface area is 120 Å². The number of hydrazine groups is 1. The van der Waals surface area contributed by atoms with Gasteiger partial charge in [-0.05, 0) is 43.9 Å². The quantitative estimate of drug-likeness (QED) is 0.581. The van der Waals surface area contributed by atoms with Gasteiger partial charge in [0.25, 0.3) is 0 Å². The summed E-state index contributed by atoms with van der Waals surface area (Å²) in [5.74, 6) is 8.60. The number of nitrogens with two attached hydrogens (primary N) is 1. The number of anilines is 2. The maximum Gasteiger partial charge on any atom is 0.145 e. The summed E-state index contributed by atoms with van der Waals surface area (Å²) in [6.07, 6.45) is 7.36. The van der Waals surface area contributed by atoms with Gasteiger partial charge in [-0.25, -0.2) is 15.8 Å². The molecule has 0 radical (unpaired) electrons. The van der Waals surface area contributed by atoms with Crippen LogP contribution in [0.25, 0.3) is 0 Å². The van der Waals surface area contributed by atoms with E-state index in [9.17, 15) is 0 Å². The Balaban J connectivity index is 1.69. The second-order valence-corrected chi connectivity index (χ2v) is 7.00. The fourth-order valence-corrected chi connectivity index (χ4v) is 2.89. The number of nitrogens with one attached hydrogen (secondary N) is 2. The fraction of sp³-hybridized carbons (Fsp3) is 0.733. The molecule has 3 rings (SSSR count). The highest BCUT2D eigenvalue weighted by Gasteiger charge is 2.29. The largest absolute Gasteiger partial charge is 0.367 e. The zero-order chi connectivity index (χ0) is 14.2. The summed E-state index contributed by atoms with van der Waals surface area (Å²) in [5, 5.41) is 3.57. The Bertz CT molecular complexity index is 471. The van der Waals surface area contributed by atoms with Crippen LogP contribution in [0.15, 0.2) is 6.07 Å². The van der Waals surface area contributed by atoms with E-state index in [0.29, 0.717) is 23.2 Å². The van der Waals surface area contributed by atoms with E-state index in [1.165, 1.54) is 38.5 Å². The third-order valence-electron chi connectivity index (χ3n) is 4.52. The lowest BCUT2D eigenvalue weighted by Crippen LogP contribution is -2.30. The molecule has 0 aromatic carbocycles. The van der Waals surface area contributed by atoms with Crippen molar-refractivity contribution in [1.29, 1.82) is 0 Å². The number of hydrogen-bond donors (Lipinski definition) is 3. The first-order valence-electron chi connectivity index (χ1n) is 7.68. The van der Waals surface area contributed by atoms with Gasteiger partial charge >= 0.3 is 0 Å². The van der Waals surface area contributed by atoms with Crippen molar-refractivity contribution in [3.8, 4) is 0 Å². The van der Waals surface area contributed by atoms with Crippen molar-refractivity contribution in [2.75, 3.05) is 10.7 Å². The molecule has 0 aliphatic heterocycles. The second kappa shape index (κ2) is 5.20. The predicted molar refractivity (Wildman–Crippen MR) is 81.5 cm³/mol. The van der Waals surface area contributed by atoms with Crippen LogP contribution in [0.3, 0.4) is 0 Å². The van der Waals surface area contributed by atoms with Gasteiger partial charge in [-0.1, -0.05) is 13.8 Å². The molecule has 5 heteroatoms. The van der Waals surface area contributed by atoms with E-state index in [1.807, 2.05) is 6.07 Å². The summed E-state index contributed by atoms with van der Waals surface area (Å²) in [6.45, 7) is 4.71. The van der Waals surface area contributed by atoms with E-state index in [-0.39, 0.29) is 0 Å². The number of nitrogen functional groups attached to an aromatic ring is 1. The first kappa shape index (κ1) is 13.6. The molecule has 0 amide bonds. The van der Waals surface area contributed by atoms with Gasteiger partial charge in [-0.3, -0.25) is 0 Å². The Morgan fingerprint density at radius 2 is 1.75 bits per heavy atom. The molecular formula is C15H25N5. The smallest absolute Gasteiger partial charge is 0.145 e. The van der Waals surface area contributed by atoms with Crippen LogP contribution in [0.1, 0.15) is 64.1 Å². The van der Waals surface area contributed by atoms with Gasteiger partial charge in [0.05, 0.1) is 0 Å². The first-order chi connectivity index (χ1) is 9.55. The van der Waals surface area contributed by atoms with Crippen molar-refractivity contribution in [2.24, 2.45) is 11.3 Å². The highest BCUT2D eigenvalue weighted by Crippen LogP contribution is 2.39. The molecule has 1 aromatic rings. The second-order valence-electron chi connectivity index (χ2n) is 7.00. The molecule has 20 heavy (non-hydrogen) atoms. The minimum atomic E-state index is 0.493. The number of rotatable bonds is 4. The van der Waals surface area contributed by atoms with Gasteiger partial charge < -0.3 is 10.7 Å². The highest BCUT2D eigenvalue weighted by molar-refractivity contribution is 5.48. The summed E-state index contributed by atoms with van der Waals surface area (Å²) in [4.78, 5) is 9.10. The minimum Gasteiger partial charge on any atom is -0.367 e. The molecule has 2 saturated carbocycles. The predicted octanol–water partition coefficient (Wildman–Crippen LogP) is 3.02. The van der Waals surface area contributed by atoms with Gasteiger partial charge in [0.15, 0.2) is 0 Å². The summed E-state index contributed by atoms with van der Waals surface area (Å²) >= 11 is 0.